The van der Waals surface area contributed by atoms with Crippen LogP contribution in [0.15, 0.2) is 78.4 Å². The Hall–Kier alpha value is -2.84. The predicted octanol–water partition coefficient (Wildman–Crippen LogP) is 6.45. The Morgan fingerprint density at radius 2 is 1.38 bits per heavy atom. The molecule has 0 fully saturated rings. The molecular formula is C27H28O2. The third kappa shape index (κ3) is 3.73. The van der Waals surface area contributed by atoms with Gasteiger partial charge in [0.15, 0.2) is 5.60 Å². The van der Waals surface area contributed by atoms with Gasteiger partial charge in [0.05, 0.1) is 6.61 Å². The zero-order valence-corrected chi connectivity index (χ0v) is 17.4. The summed E-state index contributed by atoms with van der Waals surface area (Å²) in [6, 6.07) is 25.7. The zero-order chi connectivity index (χ0) is 20.3. The van der Waals surface area contributed by atoms with E-state index in [1.807, 2.05) is 13.0 Å². The minimum Gasteiger partial charge on any atom is -0.473 e. The summed E-state index contributed by atoms with van der Waals surface area (Å²) in [5, 5.41) is 0. The van der Waals surface area contributed by atoms with Crippen LogP contribution in [0.1, 0.15) is 41.2 Å². The molecule has 2 heteroatoms. The van der Waals surface area contributed by atoms with Crippen LogP contribution >= 0.6 is 0 Å². The topological polar surface area (TPSA) is 18.5 Å². The second kappa shape index (κ2) is 8.26. The Kier molecular flexibility index (Phi) is 5.55. The van der Waals surface area contributed by atoms with E-state index in [0.717, 1.165) is 28.9 Å². The Labute approximate surface area is 173 Å². The van der Waals surface area contributed by atoms with Crippen molar-refractivity contribution < 1.29 is 9.47 Å². The van der Waals surface area contributed by atoms with Crippen molar-refractivity contribution in [1.82, 2.24) is 0 Å². The molecule has 0 atom stereocenters. The maximum Gasteiger partial charge on any atom is 0.181 e. The van der Waals surface area contributed by atoms with Crippen molar-refractivity contribution in [2.45, 2.75) is 32.8 Å². The first-order valence-electron chi connectivity index (χ1n) is 10.3. The summed E-state index contributed by atoms with van der Waals surface area (Å²) in [5.74, 6) is 0.911. The van der Waals surface area contributed by atoms with Crippen LogP contribution in [0.2, 0.25) is 0 Å². The molecule has 0 bridgehead atoms. The minimum atomic E-state index is -0.660. The lowest BCUT2D eigenvalue weighted by Crippen LogP contribution is -2.39. The summed E-state index contributed by atoms with van der Waals surface area (Å²) in [4.78, 5) is 0. The maximum atomic E-state index is 6.89. The highest BCUT2D eigenvalue weighted by atomic mass is 16.5. The molecule has 2 nitrogen and oxygen atoms in total. The van der Waals surface area contributed by atoms with Crippen LogP contribution in [0.4, 0.5) is 0 Å². The van der Waals surface area contributed by atoms with Gasteiger partial charge in [-0.1, -0.05) is 77.9 Å². The number of fused-ring (bicyclic) bond motifs is 1. The van der Waals surface area contributed by atoms with E-state index in [1.165, 1.54) is 16.7 Å². The monoisotopic (exact) mass is 384 g/mol. The molecule has 4 rings (SSSR count). The fraction of sp³-hybridized carbons (Fsp3) is 0.259. The van der Waals surface area contributed by atoms with E-state index in [1.54, 1.807) is 0 Å². The minimum absolute atomic E-state index is 0.660. The van der Waals surface area contributed by atoms with E-state index < -0.39 is 5.60 Å². The van der Waals surface area contributed by atoms with Gasteiger partial charge in [0.1, 0.15) is 5.75 Å². The van der Waals surface area contributed by atoms with Gasteiger partial charge in [0.2, 0.25) is 0 Å². The highest BCUT2D eigenvalue weighted by Gasteiger charge is 2.43. The highest BCUT2D eigenvalue weighted by molar-refractivity contribution is 5.68. The van der Waals surface area contributed by atoms with Crippen LogP contribution in [-0.4, -0.2) is 13.2 Å². The van der Waals surface area contributed by atoms with Gasteiger partial charge in [-0.2, -0.15) is 0 Å². The van der Waals surface area contributed by atoms with E-state index in [4.69, 9.17) is 9.47 Å². The summed E-state index contributed by atoms with van der Waals surface area (Å²) in [6.07, 6.45) is 3.10. The first-order chi connectivity index (χ1) is 14.1. The molecule has 0 unspecified atom stereocenters. The number of benzene rings is 3. The van der Waals surface area contributed by atoms with Crippen molar-refractivity contribution in [3.05, 3.63) is 106 Å². The SMILES string of the molecule is CCOCCC1=Cc2ccccc2OC1(c1ccc(C)cc1)c1ccc(C)cc1. The molecule has 0 saturated carbocycles. The summed E-state index contributed by atoms with van der Waals surface area (Å²) in [5.41, 5.74) is 6.44. The molecule has 1 aliphatic heterocycles. The molecule has 0 aliphatic carbocycles. The van der Waals surface area contributed by atoms with Crippen LogP contribution in [0, 0.1) is 13.8 Å². The molecule has 1 aliphatic rings. The third-order valence-corrected chi connectivity index (χ3v) is 5.60. The fourth-order valence-electron chi connectivity index (χ4n) is 4.02. The van der Waals surface area contributed by atoms with E-state index in [0.29, 0.717) is 13.2 Å². The molecule has 0 N–H and O–H groups in total. The van der Waals surface area contributed by atoms with Crippen molar-refractivity contribution >= 4 is 6.08 Å². The van der Waals surface area contributed by atoms with Gasteiger partial charge in [0, 0.05) is 23.3 Å². The van der Waals surface area contributed by atoms with Crippen LogP contribution in [0.3, 0.4) is 0 Å². The van der Waals surface area contributed by atoms with E-state index in [2.05, 4.69) is 86.7 Å². The molecule has 0 saturated heterocycles. The molecule has 1 heterocycles. The molecule has 0 spiro atoms. The van der Waals surface area contributed by atoms with Crippen LogP contribution < -0.4 is 4.74 Å². The third-order valence-electron chi connectivity index (χ3n) is 5.60. The second-order valence-corrected chi connectivity index (χ2v) is 7.67. The fourth-order valence-corrected chi connectivity index (χ4v) is 4.02. The maximum absolute atomic E-state index is 6.89. The van der Waals surface area contributed by atoms with E-state index in [-0.39, 0.29) is 0 Å². The normalized spacial score (nSPS) is 14.7. The van der Waals surface area contributed by atoms with Gasteiger partial charge in [-0.3, -0.25) is 0 Å². The Balaban J connectivity index is 1.93. The number of para-hydroxylation sites is 1. The summed E-state index contributed by atoms with van der Waals surface area (Å²) in [6.45, 7) is 7.66. The molecule has 3 aromatic rings. The highest BCUT2D eigenvalue weighted by Crippen LogP contribution is 2.47. The Morgan fingerprint density at radius 3 is 1.97 bits per heavy atom. The van der Waals surface area contributed by atoms with Gasteiger partial charge >= 0.3 is 0 Å². The summed E-state index contributed by atoms with van der Waals surface area (Å²) >= 11 is 0. The quantitative estimate of drug-likeness (QED) is 0.455. The van der Waals surface area contributed by atoms with Crippen molar-refractivity contribution in [3.63, 3.8) is 0 Å². The van der Waals surface area contributed by atoms with Crippen molar-refractivity contribution in [1.29, 1.82) is 0 Å². The number of rotatable bonds is 6. The average Bonchev–Trinajstić information content (AvgIpc) is 2.74. The van der Waals surface area contributed by atoms with Crippen molar-refractivity contribution in [3.8, 4) is 5.75 Å². The van der Waals surface area contributed by atoms with Crippen LogP contribution in [0.25, 0.3) is 6.08 Å². The number of hydrogen-bond acceptors (Lipinski definition) is 2. The molecule has 0 amide bonds. The zero-order valence-electron chi connectivity index (χ0n) is 17.4. The number of hydrogen-bond donors (Lipinski definition) is 0. The molecule has 3 aromatic carbocycles. The summed E-state index contributed by atoms with van der Waals surface area (Å²) < 4.78 is 12.6. The second-order valence-electron chi connectivity index (χ2n) is 7.67. The first-order valence-corrected chi connectivity index (χ1v) is 10.3. The lowest BCUT2D eigenvalue weighted by atomic mass is 9.76. The summed E-state index contributed by atoms with van der Waals surface area (Å²) in [7, 11) is 0. The van der Waals surface area contributed by atoms with Gasteiger partial charge in [-0.25, -0.2) is 0 Å². The van der Waals surface area contributed by atoms with Crippen molar-refractivity contribution in [2.24, 2.45) is 0 Å². The van der Waals surface area contributed by atoms with Gasteiger partial charge < -0.3 is 9.47 Å². The lowest BCUT2D eigenvalue weighted by molar-refractivity contribution is 0.118. The smallest absolute Gasteiger partial charge is 0.181 e. The van der Waals surface area contributed by atoms with E-state index in [9.17, 15) is 0 Å². The number of ether oxygens (including phenoxy) is 2. The Morgan fingerprint density at radius 1 is 0.793 bits per heavy atom. The first kappa shape index (κ1) is 19.5. The average molecular weight is 385 g/mol. The van der Waals surface area contributed by atoms with Gasteiger partial charge in [-0.05, 0) is 44.9 Å². The number of aryl methyl sites for hydroxylation is 2. The Bertz CT molecular complexity index is 952. The van der Waals surface area contributed by atoms with Crippen molar-refractivity contribution in [2.75, 3.05) is 13.2 Å². The van der Waals surface area contributed by atoms with Crippen LogP contribution in [0.5, 0.6) is 5.75 Å². The molecular weight excluding hydrogens is 356 g/mol. The largest absolute Gasteiger partial charge is 0.473 e. The van der Waals surface area contributed by atoms with Gasteiger partial charge in [0.25, 0.3) is 0 Å². The lowest BCUT2D eigenvalue weighted by Gasteiger charge is -2.41. The van der Waals surface area contributed by atoms with Crippen LogP contribution in [-0.2, 0) is 10.3 Å². The van der Waals surface area contributed by atoms with Gasteiger partial charge in [-0.15, -0.1) is 0 Å². The van der Waals surface area contributed by atoms with E-state index >= 15 is 0 Å². The standard InChI is InChI=1S/C27H28O2/c1-4-28-18-17-25-19-22-7-5-6-8-26(22)29-27(25,23-13-9-20(2)10-14-23)24-15-11-21(3)12-16-24/h5-16,19H,4,17-18H2,1-3H3. The molecule has 29 heavy (non-hydrogen) atoms. The molecule has 0 radical (unpaired) electrons. The predicted molar refractivity (Wildman–Crippen MR) is 119 cm³/mol. The molecule has 0 aromatic heterocycles. The molecule has 148 valence electrons.